The van der Waals surface area contributed by atoms with Gasteiger partial charge in [-0.25, -0.2) is 0 Å². The molecule has 0 spiro atoms. The highest BCUT2D eigenvalue weighted by atomic mass is 32.1. The number of benzene rings is 1. The van der Waals surface area contributed by atoms with E-state index in [0.29, 0.717) is 17.9 Å². The Bertz CT molecular complexity index is 381. The summed E-state index contributed by atoms with van der Waals surface area (Å²) < 4.78 is 0. The lowest BCUT2D eigenvalue weighted by Gasteiger charge is -2.35. The zero-order valence-electron chi connectivity index (χ0n) is 11.1. The minimum absolute atomic E-state index is 0.502. The Morgan fingerprint density at radius 2 is 1.72 bits per heavy atom. The van der Waals surface area contributed by atoms with E-state index in [2.05, 4.69) is 24.5 Å². The average molecular weight is 262 g/mol. The predicted molar refractivity (Wildman–Crippen MR) is 81.8 cm³/mol. The summed E-state index contributed by atoms with van der Waals surface area (Å²) in [5.41, 5.74) is 1.05. The molecule has 0 amide bonds. The summed E-state index contributed by atoms with van der Waals surface area (Å²) in [5.74, 6) is 1.40. The van der Waals surface area contributed by atoms with E-state index < -0.39 is 0 Å². The molecule has 2 rings (SSSR count). The maximum absolute atomic E-state index is 5.40. The van der Waals surface area contributed by atoms with Crippen molar-refractivity contribution in [1.29, 1.82) is 0 Å². The lowest BCUT2D eigenvalue weighted by atomic mass is 9.79. The topological polar surface area (TPSA) is 24.1 Å². The van der Waals surface area contributed by atoms with Crippen LogP contribution in [0.3, 0.4) is 0 Å². The zero-order valence-corrected chi connectivity index (χ0v) is 12.0. The smallest absolute Gasteiger partial charge is 0.171 e. The molecular formula is C15H22N2S. The number of anilines is 1. The van der Waals surface area contributed by atoms with Gasteiger partial charge in [-0.05, 0) is 49.0 Å². The highest BCUT2D eigenvalue weighted by Crippen LogP contribution is 2.28. The summed E-state index contributed by atoms with van der Waals surface area (Å²) >= 11 is 5.40. The van der Waals surface area contributed by atoms with Gasteiger partial charge in [-0.3, -0.25) is 0 Å². The van der Waals surface area contributed by atoms with E-state index in [1.54, 1.807) is 0 Å². The molecule has 1 fully saturated rings. The predicted octanol–water partition coefficient (Wildman–Crippen LogP) is 3.80. The van der Waals surface area contributed by atoms with Crippen molar-refractivity contribution >= 4 is 23.0 Å². The van der Waals surface area contributed by atoms with Crippen LogP contribution < -0.4 is 10.6 Å². The number of para-hydroxylation sites is 1. The van der Waals surface area contributed by atoms with Crippen molar-refractivity contribution in [3.63, 3.8) is 0 Å². The summed E-state index contributed by atoms with van der Waals surface area (Å²) in [6.45, 7) is 4.64. The van der Waals surface area contributed by atoms with Crippen LogP contribution in [-0.2, 0) is 0 Å². The lowest BCUT2D eigenvalue weighted by molar-refractivity contribution is 0.232. The van der Waals surface area contributed by atoms with Crippen molar-refractivity contribution in [3.8, 4) is 0 Å². The molecule has 98 valence electrons. The number of rotatable bonds is 2. The van der Waals surface area contributed by atoms with Gasteiger partial charge in [0, 0.05) is 11.7 Å². The number of thiocarbonyl (C=S) groups is 1. The van der Waals surface area contributed by atoms with Gasteiger partial charge in [-0.2, -0.15) is 0 Å². The second-order valence-corrected chi connectivity index (χ2v) is 5.78. The normalized spacial score (nSPS) is 24.6. The third-order valence-corrected chi connectivity index (χ3v) is 4.09. The van der Waals surface area contributed by atoms with Crippen LogP contribution in [0.15, 0.2) is 30.3 Å². The fraction of sp³-hybridized carbons (Fsp3) is 0.533. The maximum atomic E-state index is 5.40. The second-order valence-electron chi connectivity index (χ2n) is 5.38. The first-order chi connectivity index (χ1) is 8.66. The van der Waals surface area contributed by atoms with Crippen molar-refractivity contribution in [3.05, 3.63) is 30.3 Å². The van der Waals surface area contributed by atoms with Crippen LogP contribution in [0.4, 0.5) is 5.69 Å². The Labute approximate surface area is 115 Å². The monoisotopic (exact) mass is 262 g/mol. The van der Waals surface area contributed by atoms with Crippen molar-refractivity contribution in [2.24, 2.45) is 11.8 Å². The van der Waals surface area contributed by atoms with Gasteiger partial charge in [0.25, 0.3) is 0 Å². The molecule has 18 heavy (non-hydrogen) atoms. The average Bonchev–Trinajstić information content (AvgIpc) is 2.35. The molecule has 1 aromatic rings. The maximum Gasteiger partial charge on any atom is 0.171 e. The minimum atomic E-state index is 0.502. The molecule has 0 heterocycles. The van der Waals surface area contributed by atoms with Crippen LogP contribution in [-0.4, -0.2) is 11.2 Å². The van der Waals surface area contributed by atoms with Gasteiger partial charge >= 0.3 is 0 Å². The molecule has 2 atom stereocenters. The molecule has 1 aliphatic carbocycles. The Morgan fingerprint density at radius 1 is 1.11 bits per heavy atom. The Morgan fingerprint density at radius 3 is 2.33 bits per heavy atom. The summed E-state index contributed by atoms with van der Waals surface area (Å²) in [5, 5.41) is 7.48. The van der Waals surface area contributed by atoms with E-state index in [-0.39, 0.29) is 0 Å². The lowest BCUT2D eigenvalue weighted by Crippen LogP contribution is -2.47. The second kappa shape index (κ2) is 6.19. The third-order valence-electron chi connectivity index (χ3n) is 3.87. The Balaban J connectivity index is 1.90. The molecule has 2 N–H and O–H groups in total. The standard InChI is InChI=1S/C15H22N2S/c1-11-7-6-8-12(2)14(11)17-15(18)16-13-9-4-3-5-10-13/h3-5,9-12,14H,6-8H2,1-2H3,(H2,16,17,18)/t11-,12-/m1/s1. The van der Waals surface area contributed by atoms with Gasteiger partial charge in [0.15, 0.2) is 5.11 Å². The molecule has 0 saturated heterocycles. The van der Waals surface area contributed by atoms with Crippen LogP contribution in [0, 0.1) is 11.8 Å². The van der Waals surface area contributed by atoms with Crippen LogP contribution >= 0.6 is 12.2 Å². The summed E-state index contributed by atoms with van der Waals surface area (Å²) in [6.07, 6.45) is 3.95. The van der Waals surface area contributed by atoms with Gasteiger partial charge in [-0.15, -0.1) is 0 Å². The molecule has 0 unspecified atom stereocenters. The summed E-state index contributed by atoms with van der Waals surface area (Å²) in [7, 11) is 0. The first-order valence-corrected chi connectivity index (χ1v) is 7.20. The van der Waals surface area contributed by atoms with Crippen LogP contribution in [0.25, 0.3) is 0 Å². The van der Waals surface area contributed by atoms with E-state index in [4.69, 9.17) is 12.2 Å². The van der Waals surface area contributed by atoms with Crippen LogP contribution in [0.5, 0.6) is 0 Å². The van der Waals surface area contributed by atoms with Gasteiger partial charge in [0.05, 0.1) is 0 Å². The zero-order chi connectivity index (χ0) is 13.0. The molecule has 0 radical (unpaired) electrons. The molecular weight excluding hydrogens is 240 g/mol. The first kappa shape index (κ1) is 13.3. The van der Waals surface area contributed by atoms with E-state index in [9.17, 15) is 0 Å². The quantitative estimate of drug-likeness (QED) is 0.793. The number of hydrogen-bond donors (Lipinski definition) is 2. The SMILES string of the molecule is C[C@@H]1CCC[C@@H](C)C1NC(=S)Nc1ccccc1. The fourth-order valence-electron chi connectivity index (χ4n) is 2.81. The highest BCUT2D eigenvalue weighted by Gasteiger charge is 2.27. The molecule has 1 aliphatic rings. The Kier molecular flexibility index (Phi) is 4.59. The highest BCUT2D eigenvalue weighted by molar-refractivity contribution is 7.80. The van der Waals surface area contributed by atoms with Gasteiger partial charge in [-0.1, -0.05) is 38.5 Å². The van der Waals surface area contributed by atoms with Gasteiger partial charge in [0.1, 0.15) is 0 Å². The van der Waals surface area contributed by atoms with E-state index in [0.717, 1.165) is 10.8 Å². The van der Waals surface area contributed by atoms with Crippen LogP contribution in [0.2, 0.25) is 0 Å². The largest absolute Gasteiger partial charge is 0.359 e. The number of nitrogens with one attached hydrogen (secondary N) is 2. The third kappa shape index (κ3) is 3.45. The van der Waals surface area contributed by atoms with Crippen molar-refractivity contribution in [2.75, 3.05) is 5.32 Å². The van der Waals surface area contributed by atoms with E-state index >= 15 is 0 Å². The molecule has 0 bridgehead atoms. The first-order valence-electron chi connectivity index (χ1n) is 6.79. The van der Waals surface area contributed by atoms with Crippen LogP contribution in [0.1, 0.15) is 33.1 Å². The summed E-state index contributed by atoms with van der Waals surface area (Å²) in [6, 6.07) is 10.6. The minimum Gasteiger partial charge on any atom is -0.359 e. The van der Waals surface area contributed by atoms with Gasteiger partial charge in [0.2, 0.25) is 0 Å². The molecule has 3 heteroatoms. The molecule has 1 saturated carbocycles. The molecule has 0 aromatic heterocycles. The Hall–Kier alpha value is -1.09. The number of hydrogen-bond acceptors (Lipinski definition) is 1. The van der Waals surface area contributed by atoms with E-state index in [1.807, 2.05) is 30.3 Å². The fourth-order valence-corrected chi connectivity index (χ4v) is 3.06. The van der Waals surface area contributed by atoms with Crippen molar-refractivity contribution in [2.45, 2.75) is 39.2 Å². The molecule has 2 nitrogen and oxygen atoms in total. The molecule has 0 aliphatic heterocycles. The van der Waals surface area contributed by atoms with Gasteiger partial charge < -0.3 is 10.6 Å². The summed E-state index contributed by atoms with van der Waals surface area (Å²) in [4.78, 5) is 0. The van der Waals surface area contributed by atoms with Crippen molar-refractivity contribution in [1.82, 2.24) is 5.32 Å². The molecule has 1 aromatic carbocycles. The van der Waals surface area contributed by atoms with E-state index in [1.165, 1.54) is 19.3 Å². The van der Waals surface area contributed by atoms with Crippen molar-refractivity contribution < 1.29 is 0 Å².